The highest BCUT2D eigenvalue weighted by atomic mass is 16.6. The Balaban J connectivity index is 2.39. The number of carbonyl (C=O) groups excluding carboxylic acids is 1. The minimum atomic E-state index is -0.0347. The summed E-state index contributed by atoms with van der Waals surface area (Å²) in [4.78, 5) is 17.8. The summed E-state index contributed by atoms with van der Waals surface area (Å²) >= 11 is 0. The van der Waals surface area contributed by atoms with E-state index in [2.05, 4.69) is 10.3 Å². The molecule has 0 bridgehead atoms. The van der Waals surface area contributed by atoms with Gasteiger partial charge < -0.3 is 0 Å². The van der Waals surface area contributed by atoms with Crippen LogP contribution in [0.4, 0.5) is 0 Å². The fourth-order valence-electron chi connectivity index (χ4n) is 1.41. The molecule has 1 saturated heterocycles. The second kappa shape index (κ2) is 3.69. The van der Waals surface area contributed by atoms with Gasteiger partial charge >= 0.3 is 0 Å². The maximum absolute atomic E-state index is 11.2. The Bertz CT molecular complexity index is 149. The van der Waals surface area contributed by atoms with Crippen LogP contribution in [0.2, 0.25) is 0 Å². The normalized spacial score (nSPS) is 25.5. The third kappa shape index (κ3) is 1.91. The maximum Gasteiger partial charge on any atom is 0.260 e. The average Bonchev–Trinajstić information content (AvgIpc) is 2.36. The smallest absolute Gasteiger partial charge is 0.260 e. The first-order valence-corrected chi connectivity index (χ1v) is 3.79. The van der Waals surface area contributed by atoms with Gasteiger partial charge in [0.25, 0.3) is 5.91 Å². The molecule has 0 unspecified atom stereocenters. The zero-order valence-corrected chi connectivity index (χ0v) is 6.96. The predicted molar refractivity (Wildman–Crippen MR) is 40.8 cm³/mol. The fraction of sp³-hybridized carbons (Fsp3) is 0.857. The molecule has 1 N–H and O–H groups in total. The molecule has 0 aromatic carbocycles. The topological polar surface area (TPSA) is 41.6 Å². The Labute approximate surface area is 66.5 Å². The third-order valence-corrected chi connectivity index (χ3v) is 2.03. The lowest BCUT2D eigenvalue weighted by atomic mass is 10.2. The Hall–Kier alpha value is -0.610. The van der Waals surface area contributed by atoms with Gasteiger partial charge in [-0.25, -0.2) is 5.48 Å². The number of nitrogens with one attached hydrogen (secondary N) is 1. The molecule has 1 aliphatic heterocycles. The van der Waals surface area contributed by atoms with Crippen LogP contribution in [0.15, 0.2) is 0 Å². The van der Waals surface area contributed by atoms with Gasteiger partial charge in [-0.05, 0) is 26.4 Å². The van der Waals surface area contributed by atoms with Crippen molar-refractivity contribution >= 4 is 5.91 Å². The molecule has 0 spiro atoms. The first kappa shape index (κ1) is 8.49. The third-order valence-electron chi connectivity index (χ3n) is 2.03. The van der Waals surface area contributed by atoms with Crippen molar-refractivity contribution < 1.29 is 9.63 Å². The van der Waals surface area contributed by atoms with Crippen molar-refractivity contribution in [3.8, 4) is 0 Å². The zero-order valence-electron chi connectivity index (χ0n) is 6.96. The lowest BCUT2D eigenvalue weighted by Gasteiger charge is -2.17. The summed E-state index contributed by atoms with van der Waals surface area (Å²) < 4.78 is 0. The molecule has 1 aliphatic rings. The summed E-state index contributed by atoms with van der Waals surface area (Å²) in [5, 5.41) is 0. The minimum absolute atomic E-state index is 0.00921. The summed E-state index contributed by atoms with van der Waals surface area (Å²) in [5.41, 5.74) is 2.34. The van der Waals surface area contributed by atoms with Gasteiger partial charge in [0.15, 0.2) is 0 Å². The van der Waals surface area contributed by atoms with Gasteiger partial charge in [0.1, 0.15) is 0 Å². The number of amides is 1. The molecular weight excluding hydrogens is 144 g/mol. The average molecular weight is 158 g/mol. The molecule has 4 nitrogen and oxygen atoms in total. The standard InChI is InChI=1S/C7H14N2O2/c1-9-5-3-4-6(9)7(10)8-11-2/h6H,3-5H2,1-2H3,(H,8,10)/t6-/m1/s1. The highest BCUT2D eigenvalue weighted by Gasteiger charge is 2.27. The molecule has 1 rings (SSSR count). The van der Waals surface area contributed by atoms with Crippen LogP contribution in [-0.2, 0) is 9.63 Å². The van der Waals surface area contributed by atoms with E-state index in [1.165, 1.54) is 7.11 Å². The molecule has 11 heavy (non-hydrogen) atoms. The first-order chi connectivity index (χ1) is 5.25. The van der Waals surface area contributed by atoms with E-state index in [1.54, 1.807) is 0 Å². The quantitative estimate of drug-likeness (QED) is 0.564. The van der Waals surface area contributed by atoms with E-state index in [4.69, 9.17) is 0 Å². The van der Waals surface area contributed by atoms with Gasteiger partial charge in [-0.1, -0.05) is 0 Å². The molecule has 0 aromatic rings. The van der Waals surface area contributed by atoms with Crippen molar-refractivity contribution in [1.82, 2.24) is 10.4 Å². The van der Waals surface area contributed by atoms with Crippen LogP contribution in [0, 0.1) is 0 Å². The first-order valence-electron chi connectivity index (χ1n) is 3.79. The summed E-state index contributed by atoms with van der Waals surface area (Å²) in [6.45, 7) is 1.00. The SMILES string of the molecule is CONC(=O)[C@H]1CCCN1C. The Kier molecular flexibility index (Phi) is 2.84. The summed E-state index contributed by atoms with van der Waals surface area (Å²) in [6, 6.07) is 0.00921. The van der Waals surface area contributed by atoms with Crippen molar-refractivity contribution in [3.05, 3.63) is 0 Å². The number of nitrogens with zero attached hydrogens (tertiary/aromatic N) is 1. The van der Waals surface area contributed by atoms with E-state index < -0.39 is 0 Å². The highest BCUT2D eigenvalue weighted by molar-refractivity contribution is 5.80. The van der Waals surface area contributed by atoms with Gasteiger partial charge in [0.05, 0.1) is 13.2 Å². The van der Waals surface area contributed by atoms with Crippen LogP contribution in [0.5, 0.6) is 0 Å². The molecule has 0 aromatic heterocycles. The van der Waals surface area contributed by atoms with Crippen LogP contribution < -0.4 is 5.48 Å². The van der Waals surface area contributed by atoms with Gasteiger partial charge in [0, 0.05) is 0 Å². The summed E-state index contributed by atoms with van der Waals surface area (Å²) in [7, 11) is 3.40. The van der Waals surface area contributed by atoms with E-state index in [0.29, 0.717) is 0 Å². The molecule has 1 atom stereocenters. The Morgan fingerprint density at radius 2 is 2.45 bits per heavy atom. The number of likely N-dealkylation sites (tertiary alicyclic amines) is 1. The Morgan fingerprint density at radius 3 is 2.91 bits per heavy atom. The minimum Gasteiger partial charge on any atom is -0.295 e. The van der Waals surface area contributed by atoms with E-state index in [-0.39, 0.29) is 11.9 Å². The highest BCUT2D eigenvalue weighted by Crippen LogP contribution is 2.14. The summed E-state index contributed by atoms with van der Waals surface area (Å²) in [6.07, 6.45) is 2.03. The molecule has 1 fully saturated rings. The number of carbonyl (C=O) groups is 1. The molecule has 1 heterocycles. The van der Waals surface area contributed by atoms with Crippen LogP contribution in [0.1, 0.15) is 12.8 Å². The van der Waals surface area contributed by atoms with Gasteiger partial charge in [-0.2, -0.15) is 0 Å². The van der Waals surface area contributed by atoms with Crippen molar-refractivity contribution in [3.63, 3.8) is 0 Å². The predicted octanol–water partition coefficient (Wildman–Crippen LogP) is -0.242. The van der Waals surface area contributed by atoms with E-state index in [0.717, 1.165) is 19.4 Å². The van der Waals surface area contributed by atoms with Crippen molar-refractivity contribution in [2.45, 2.75) is 18.9 Å². The molecule has 4 heteroatoms. The van der Waals surface area contributed by atoms with Crippen molar-refractivity contribution in [2.24, 2.45) is 0 Å². The zero-order chi connectivity index (χ0) is 8.27. The van der Waals surface area contributed by atoms with Crippen LogP contribution in [0.3, 0.4) is 0 Å². The number of hydroxylamine groups is 1. The molecule has 1 amide bonds. The van der Waals surface area contributed by atoms with Gasteiger partial charge in [-0.3, -0.25) is 14.5 Å². The van der Waals surface area contributed by atoms with Crippen molar-refractivity contribution in [2.75, 3.05) is 20.7 Å². The van der Waals surface area contributed by atoms with Crippen molar-refractivity contribution in [1.29, 1.82) is 0 Å². The van der Waals surface area contributed by atoms with E-state index in [1.807, 2.05) is 11.9 Å². The second-order valence-corrected chi connectivity index (χ2v) is 2.81. The number of rotatable bonds is 2. The molecule has 0 radical (unpaired) electrons. The Morgan fingerprint density at radius 1 is 1.73 bits per heavy atom. The lowest BCUT2D eigenvalue weighted by Crippen LogP contribution is -2.40. The number of likely N-dealkylation sites (N-methyl/N-ethyl adjacent to an activating group) is 1. The van der Waals surface area contributed by atoms with Crippen LogP contribution in [0.25, 0.3) is 0 Å². The monoisotopic (exact) mass is 158 g/mol. The maximum atomic E-state index is 11.2. The molecular formula is C7H14N2O2. The number of hydrogen-bond donors (Lipinski definition) is 1. The largest absolute Gasteiger partial charge is 0.295 e. The van der Waals surface area contributed by atoms with Crippen LogP contribution >= 0.6 is 0 Å². The molecule has 0 aliphatic carbocycles. The van der Waals surface area contributed by atoms with E-state index >= 15 is 0 Å². The molecule has 64 valence electrons. The lowest BCUT2D eigenvalue weighted by molar-refractivity contribution is -0.135. The number of hydrogen-bond acceptors (Lipinski definition) is 3. The molecule has 0 saturated carbocycles. The second-order valence-electron chi connectivity index (χ2n) is 2.81. The fourth-order valence-corrected chi connectivity index (χ4v) is 1.41. The van der Waals surface area contributed by atoms with Crippen LogP contribution in [-0.4, -0.2) is 37.6 Å². The van der Waals surface area contributed by atoms with Gasteiger partial charge in [-0.15, -0.1) is 0 Å². The summed E-state index contributed by atoms with van der Waals surface area (Å²) in [5.74, 6) is -0.0347. The van der Waals surface area contributed by atoms with Gasteiger partial charge in [0.2, 0.25) is 0 Å². The van der Waals surface area contributed by atoms with E-state index in [9.17, 15) is 4.79 Å².